The van der Waals surface area contributed by atoms with Crippen LogP contribution < -0.4 is 16.0 Å². The zero-order chi connectivity index (χ0) is 82.0. The normalized spacial score (nSPS) is 37.2. The molecular weight excluding hydrogens is 1480 g/mol. The van der Waals surface area contributed by atoms with Gasteiger partial charge in [-0.3, -0.25) is 14.4 Å². The number of rotatable bonds is 52. The summed E-state index contributed by atoms with van der Waals surface area (Å²) in [4.78, 5) is 39.0. The summed E-state index contributed by atoms with van der Waals surface area (Å²) < 4.78 is 72.0. The number of hydrogen-bond acceptors (Lipinski definition) is 33. The molecule has 0 saturated carbocycles. The minimum Gasteiger partial charge on any atom is -0.394 e. The topological polar surface area (TPSA) is 562 Å². The highest BCUT2D eigenvalue weighted by atomic mass is 16.8. The summed E-state index contributed by atoms with van der Waals surface area (Å²) in [6, 6.07) is -4.64. The second-order valence-electron chi connectivity index (χ2n) is 30.7. The molecule has 0 spiro atoms. The third-order valence-corrected chi connectivity index (χ3v) is 21.7. The Labute approximate surface area is 656 Å². The molecule has 654 valence electrons. The van der Waals surface area contributed by atoms with Gasteiger partial charge >= 0.3 is 0 Å². The van der Waals surface area contributed by atoms with Crippen LogP contribution in [0.4, 0.5) is 0 Å². The molecular formula is C76H137N3O33. The Balaban J connectivity index is 1.20. The Morgan fingerprint density at radius 3 is 1.16 bits per heavy atom. The van der Waals surface area contributed by atoms with Crippen LogP contribution in [0.5, 0.6) is 0 Å². The highest BCUT2D eigenvalue weighted by molar-refractivity contribution is 5.76. The second-order valence-corrected chi connectivity index (χ2v) is 30.7. The number of aliphatic hydroxyl groups excluding tert-OH is 18. The van der Waals surface area contributed by atoms with Crippen LogP contribution in [0.1, 0.15) is 207 Å². The van der Waals surface area contributed by atoms with Crippen molar-refractivity contribution in [3.63, 3.8) is 0 Å². The minimum atomic E-state index is -2.37. The van der Waals surface area contributed by atoms with Crippen molar-refractivity contribution in [3.8, 4) is 0 Å². The monoisotopic (exact) mass is 1620 g/mol. The van der Waals surface area contributed by atoms with Gasteiger partial charge in [-0.25, -0.2) is 0 Å². The van der Waals surface area contributed by atoms with Crippen LogP contribution in [0, 0.1) is 0 Å². The van der Waals surface area contributed by atoms with Gasteiger partial charge in [-0.1, -0.05) is 180 Å². The summed E-state index contributed by atoms with van der Waals surface area (Å²) in [6.45, 7) is -0.154. The van der Waals surface area contributed by atoms with E-state index in [1.165, 1.54) is 109 Å². The van der Waals surface area contributed by atoms with Crippen LogP contribution in [0.2, 0.25) is 0 Å². The van der Waals surface area contributed by atoms with Crippen molar-refractivity contribution in [1.82, 2.24) is 16.0 Å². The average Bonchev–Trinajstić information content (AvgIpc) is 0.766. The smallest absolute Gasteiger partial charge is 0.220 e. The first-order chi connectivity index (χ1) is 53.8. The van der Waals surface area contributed by atoms with E-state index in [0.717, 1.165) is 65.2 Å². The zero-order valence-electron chi connectivity index (χ0n) is 65.6. The number of nitrogens with one attached hydrogen (secondary N) is 3. The molecule has 6 aliphatic heterocycles. The molecule has 3 amide bonds. The van der Waals surface area contributed by atoms with Gasteiger partial charge in [0.05, 0.1) is 58.4 Å². The molecule has 6 rings (SSSR count). The molecule has 0 aliphatic carbocycles. The van der Waals surface area contributed by atoms with Gasteiger partial charge in [-0.15, -0.1) is 0 Å². The number of allylic oxidation sites excluding steroid dienone is 1. The SMILES string of the molecule is CCCCCCCCCCCCC/C=C/[C@@H](O)[C@H](CO[C@@H]1OC(CO)[C@@H](O[C@@H]2OC(CO)[C@H](O[C@@H]3OC(CO)[C@H](O)[C@H](O)C3NC(C)=O)[C@H](O[C@H]3OC(CO)[C@H](O)[C@H](O[C@@H]4OC(CO)[C@@H](O[C@@H]5OC(CO)[C@H](O)[C@H](O)C5O)[C@H](O)C4NC(C)=O)C3O)C2O)[C@H](O)C1O)NC(=O)CCCCCCCCCCCCCCCCC. The van der Waals surface area contributed by atoms with Crippen molar-refractivity contribution in [2.75, 3.05) is 46.2 Å². The molecule has 0 bridgehead atoms. The van der Waals surface area contributed by atoms with Crippen LogP contribution in [0.3, 0.4) is 0 Å². The van der Waals surface area contributed by atoms with Crippen LogP contribution in [-0.2, 0) is 71.2 Å². The third-order valence-electron chi connectivity index (χ3n) is 21.7. The van der Waals surface area contributed by atoms with E-state index in [1.54, 1.807) is 6.08 Å². The molecule has 32 atom stereocenters. The number of carbonyl (C=O) groups excluding carboxylic acids is 3. The van der Waals surface area contributed by atoms with Crippen LogP contribution in [0.25, 0.3) is 0 Å². The van der Waals surface area contributed by atoms with Gasteiger partial charge in [0.25, 0.3) is 0 Å². The molecule has 36 heteroatoms. The van der Waals surface area contributed by atoms with Crippen molar-refractivity contribution in [2.24, 2.45) is 0 Å². The largest absolute Gasteiger partial charge is 0.394 e. The summed E-state index contributed by atoms with van der Waals surface area (Å²) in [5.74, 6) is -2.04. The molecule has 6 fully saturated rings. The number of hydrogen-bond donors (Lipinski definition) is 21. The molecule has 0 aromatic carbocycles. The average molecular weight is 1620 g/mol. The maximum absolute atomic E-state index is 13.6. The van der Waals surface area contributed by atoms with E-state index in [2.05, 4.69) is 29.8 Å². The first-order valence-electron chi connectivity index (χ1n) is 41.0. The summed E-state index contributed by atoms with van der Waals surface area (Å²) in [5.41, 5.74) is 0. The number of carbonyl (C=O) groups is 3. The van der Waals surface area contributed by atoms with Gasteiger partial charge in [-0.05, 0) is 19.3 Å². The van der Waals surface area contributed by atoms with Crippen LogP contribution in [-0.4, -0.2) is 352 Å². The lowest BCUT2D eigenvalue weighted by atomic mass is 9.94. The van der Waals surface area contributed by atoms with E-state index in [-0.39, 0.29) is 12.3 Å². The predicted octanol–water partition coefficient (Wildman–Crippen LogP) is -2.42. The molecule has 0 radical (unpaired) electrons. The number of aliphatic hydroxyl groups is 18. The first kappa shape index (κ1) is 97.8. The summed E-state index contributed by atoms with van der Waals surface area (Å²) in [7, 11) is 0. The molecule has 6 heterocycles. The lowest BCUT2D eigenvalue weighted by molar-refractivity contribution is -0.401. The van der Waals surface area contributed by atoms with E-state index < -0.39 is 254 Å². The van der Waals surface area contributed by atoms with Crippen LogP contribution >= 0.6 is 0 Å². The van der Waals surface area contributed by atoms with Gasteiger partial charge in [0.1, 0.15) is 146 Å². The maximum Gasteiger partial charge on any atom is 0.220 e. The molecule has 6 saturated heterocycles. The Kier molecular flexibility index (Phi) is 45.5. The fourth-order valence-electron chi connectivity index (χ4n) is 15.1. The molecule has 6 aliphatic rings. The van der Waals surface area contributed by atoms with Crippen molar-refractivity contribution in [3.05, 3.63) is 12.2 Å². The van der Waals surface area contributed by atoms with Gasteiger partial charge in [0.2, 0.25) is 17.7 Å². The first-order valence-corrected chi connectivity index (χ1v) is 41.0. The third kappa shape index (κ3) is 29.4. The minimum absolute atomic E-state index is 0.149. The van der Waals surface area contributed by atoms with Crippen LogP contribution in [0.15, 0.2) is 12.2 Å². The van der Waals surface area contributed by atoms with Crippen molar-refractivity contribution >= 4 is 17.7 Å². The van der Waals surface area contributed by atoms with Gasteiger partial charge < -0.3 is 165 Å². The number of ether oxygens (including phenoxy) is 12. The highest BCUT2D eigenvalue weighted by Crippen LogP contribution is 2.39. The molecule has 112 heavy (non-hydrogen) atoms. The second kappa shape index (κ2) is 52.1. The van der Waals surface area contributed by atoms with Gasteiger partial charge in [-0.2, -0.15) is 0 Å². The van der Waals surface area contributed by atoms with E-state index in [9.17, 15) is 106 Å². The maximum atomic E-state index is 13.6. The Morgan fingerprint density at radius 1 is 0.348 bits per heavy atom. The quantitative estimate of drug-likeness (QED) is 0.0222. The molecule has 0 aromatic rings. The molecule has 21 N–H and O–H groups in total. The van der Waals surface area contributed by atoms with E-state index in [4.69, 9.17) is 56.8 Å². The predicted molar refractivity (Wildman–Crippen MR) is 394 cm³/mol. The molecule has 36 nitrogen and oxygen atoms in total. The molecule has 0 aromatic heterocycles. The Morgan fingerprint density at radius 2 is 0.688 bits per heavy atom. The van der Waals surface area contributed by atoms with Crippen molar-refractivity contribution in [1.29, 1.82) is 0 Å². The lowest BCUT2D eigenvalue weighted by Gasteiger charge is -2.51. The van der Waals surface area contributed by atoms with E-state index in [1.807, 2.05) is 6.08 Å². The Hall–Kier alpha value is -3.05. The van der Waals surface area contributed by atoms with Crippen molar-refractivity contribution in [2.45, 2.75) is 404 Å². The zero-order valence-corrected chi connectivity index (χ0v) is 65.6. The standard InChI is InChI=1S/C76H137N3O33/c1-5-7-9-11-13-15-17-19-20-22-24-26-28-30-32-34-52(89)79-44(45(88)33-31-29-27-25-23-21-18-16-14-12-10-8-6-2)41-101-73-63(98)61(96)67(50(39-84)106-73)109-76-65(100)70(68(51(40-85)107-76)110-71-53(77-42(3)86)58(93)55(90)46(35-80)102-71)112-75-64(99)69(57(92)48(37-82)104-75)111-72-54(78-43(4)87)59(94)66(49(38-83)105-72)108-74-62(97)60(95)56(91)47(36-81)103-74/h31,33,44-51,53-76,80-85,88,90-100H,5-30,32,34-41H2,1-4H3,(H,77,86)(H,78,87)(H,79,89)/b33-31+/t44-,45+,46?,47?,48?,49?,50?,51?,53?,54?,55-,56-,57-,58+,59+,60-,61+,62?,63?,64?,65?,66+,67+,68-,69-,70+,71-,72-,73+,74-,75+,76-/m0/s1. The van der Waals surface area contributed by atoms with Gasteiger partial charge in [0.15, 0.2) is 37.7 Å². The summed E-state index contributed by atoms with van der Waals surface area (Å²) in [5, 5.41) is 209. The van der Waals surface area contributed by atoms with E-state index in [0.29, 0.717) is 12.8 Å². The number of amides is 3. The van der Waals surface area contributed by atoms with Gasteiger partial charge in [0, 0.05) is 20.3 Å². The lowest BCUT2D eigenvalue weighted by Crippen LogP contribution is -2.70. The Bertz CT molecular complexity index is 2600. The fraction of sp³-hybridized carbons (Fsp3) is 0.934. The summed E-state index contributed by atoms with van der Waals surface area (Å²) in [6.07, 6.45) is -22.5. The summed E-state index contributed by atoms with van der Waals surface area (Å²) >= 11 is 0. The number of unbranched alkanes of at least 4 members (excludes halogenated alkanes) is 25. The molecule has 12 unspecified atom stereocenters. The highest BCUT2D eigenvalue weighted by Gasteiger charge is 2.59. The van der Waals surface area contributed by atoms with E-state index >= 15 is 0 Å². The fourth-order valence-corrected chi connectivity index (χ4v) is 15.1. The van der Waals surface area contributed by atoms with Crippen molar-refractivity contribution < 1.29 is 163 Å².